The van der Waals surface area contributed by atoms with E-state index in [1.165, 1.54) is 28.5 Å². The van der Waals surface area contributed by atoms with Gasteiger partial charge in [-0.15, -0.1) is 0 Å². The average Bonchev–Trinajstić information content (AvgIpc) is 3.08. The molecule has 0 aliphatic carbocycles. The van der Waals surface area contributed by atoms with Crippen molar-refractivity contribution >= 4 is 39.8 Å². The number of halogens is 1. The van der Waals surface area contributed by atoms with Gasteiger partial charge in [-0.1, -0.05) is 48.0 Å². The van der Waals surface area contributed by atoms with Gasteiger partial charge in [0, 0.05) is 40.5 Å². The number of nitrogens with one attached hydrogen (secondary N) is 2. The highest BCUT2D eigenvalue weighted by molar-refractivity contribution is 7.98. The van der Waals surface area contributed by atoms with E-state index in [1.54, 1.807) is 0 Å². The second-order valence-electron chi connectivity index (χ2n) is 6.75. The van der Waals surface area contributed by atoms with Crippen LogP contribution in [0.1, 0.15) is 24.0 Å². The fourth-order valence-corrected chi connectivity index (χ4v) is 4.77. The Labute approximate surface area is 164 Å². The van der Waals surface area contributed by atoms with Crippen molar-refractivity contribution in [2.24, 2.45) is 0 Å². The molecule has 4 heteroatoms. The van der Waals surface area contributed by atoms with Gasteiger partial charge in [0.05, 0.1) is 0 Å². The fraction of sp³-hybridized carbons (Fsp3) is 0.273. The largest absolute Gasteiger partial charge is 0.361 e. The molecule has 0 spiro atoms. The van der Waals surface area contributed by atoms with Crippen LogP contribution >= 0.6 is 23.4 Å². The molecule has 1 aromatic heterocycles. The van der Waals surface area contributed by atoms with Gasteiger partial charge in [0.2, 0.25) is 0 Å². The number of aromatic amines is 1. The van der Waals surface area contributed by atoms with E-state index in [2.05, 4.69) is 65.0 Å². The van der Waals surface area contributed by atoms with Gasteiger partial charge in [-0.3, -0.25) is 0 Å². The first-order valence-electron chi connectivity index (χ1n) is 9.11. The molecule has 2 nitrogen and oxygen atoms in total. The predicted molar refractivity (Wildman–Crippen MR) is 115 cm³/mol. The molecule has 0 saturated carbocycles. The molecule has 4 rings (SSSR count). The van der Waals surface area contributed by atoms with Crippen molar-refractivity contribution in [2.75, 3.05) is 12.3 Å². The summed E-state index contributed by atoms with van der Waals surface area (Å²) in [6, 6.07) is 17.4. The zero-order valence-corrected chi connectivity index (χ0v) is 16.2. The summed E-state index contributed by atoms with van der Waals surface area (Å²) in [6.45, 7) is 0.973. The summed E-state index contributed by atoms with van der Waals surface area (Å²) in [5, 5.41) is 5.68. The molecular formula is C22H23ClN2S. The van der Waals surface area contributed by atoms with Crippen molar-refractivity contribution in [3.8, 4) is 0 Å². The van der Waals surface area contributed by atoms with E-state index in [4.69, 9.17) is 11.6 Å². The lowest BCUT2D eigenvalue weighted by Crippen LogP contribution is -2.33. The van der Waals surface area contributed by atoms with Crippen molar-refractivity contribution in [1.82, 2.24) is 10.3 Å². The van der Waals surface area contributed by atoms with E-state index < -0.39 is 0 Å². The minimum Gasteiger partial charge on any atom is -0.361 e. The monoisotopic (exact) mass is 382 g/mol. The molecule has 2 N–H and O–H groups in total. The van der Waals surface area contributed by atoms with E-state index >= 15 is 0 Å². The van der Waals surface area contributed by atoms with Gasteiger partial charge in [-0.2, -0.15) is 11.8 Å². The van der Waals surface area contributed by atoms with E-state index in [9.17, 15) is 0 Å². The summed E-state index contributed by atoms with van der Waals surface area (Å²) in [6.07, 6.45) is 6.75. The zero-order chi connectivity index (χ0) is 17.8. The van der Waals surface area contributed by atoms with Gasteiger partial charge in [0.1, 0.15) is 0 Å². The second-order valence-corrected chi connectivity index (χ2v) is 8.29. The number of H-pyrrole nitrogens is 1. The molecule has 2 aromatic carbocycles. The van der Waals surface area contributed by atoms with Crippen LogP contribution in [-0.4, -0.2) is 23.3 Å². The maximum atomic E-state index is 6.14. The summed E-state index contributed by atoms with van der Waals surface area (Å²) >= 11 is 8.14. The maximum Gasteiger partial charge on any atom is 0.0458 e. The minimum atomic E-state index is 0.570. The number of fused-ring (bicyclic) bond motifs is 1. The zero-order valence-electron chi connectivity index (χ0n) is 14.7. The lowest BCUT2D eigenvalue weighted by Gasteiger charge is -2.24. The lowest BCUT2D eigenvalue weighted by atomic mass is 9.94. The number of aromatic nitrogens is 1. The van der Waals surface area contributed by atoms with E-state index in [-0.39, 0.29) is 0 Å². The van der Waals surface area contributed by atoms with E-state index in [0.29, 0.717) is 6.04 Å². The lowest BCUT2D eigenvalue weighted by molar-refractivity contribution is 0.525. The summed E-state index contributed by atoms with van der Waals surface area (Å²) in [5.74, 6) is 2.18. The Kier molecular flexibility index (Phi) is 5.68. The van der Waals surface area contributed by atoms with Gasteiger partial charge >= 0.3 is 0 Å². The molecule has 0 amide bonds. The normalized spacial score (nSPS) is 17.4. The van der Waals surface area contributed by atoms with Gasteiger partial charge in [0.25, 0.3) is 0 Å². The van der Waals surface area contributed by atoms with Gasteiger partial charge in [-0.25, -0.2) is 0 Å². The summed E-state index contributed by atoms with van der Waals surface area (Å²) < 4.78 is 0. The Hall–Kier alpha value is -1.68. The highest BCUT2D eigenvalue weighted by Crippen LogP contribution is 2.27. The molecule has 1 atom stereocenters. The van der Waals surface area contributed by atoms with Crippen LogP contribution in [0.15, 0.2) is 60.8 Å². The third-order valence-electron chi connectivity index (χ3n) is 4.96. The van der Waals surface area contributed by atoms with Crippen LogP contribution in [0.5, 0.6) is 0 Å². The Balaban J connectivity index is 1.28. The van der Waals surface area contributed by atoms with Crippen molar-refractivity contribution in [3.05, 3.63) is 77.0 Å². The standard InChI is InChI=1S/C22H23ClN2S/c23-19-6-7-22-21(13-19)18(14-25-22)15-26-11-9-20-12-17(8-10-24-20)16-4-2-1-3-5-16/h1-8,13-14,20,24-25H,9-12,15H2. The maximum absolute atomic E-state index is 6.14. The van der Waals surface area contributed by atoms with Gasteiger partial charge in [-0.05, 0) is 53.5 Å². The first-order valence-corrected chi connectivity index (χ1v) is 10.6. The second kappa shape index (κ2) is 8.34. The number of benzene rings is 2. The third-order valence-corrected chi connectivity index (χ3v) is 6.24. The van der Waals surface area contributed by atoms with Gasteiger partial charge < -0.3 is 10.3 Å². The fourth-order valence-electron chi connectivity index (χ4n) is 3.54. The van der Waals surface area contributed by atoms with Crippen molar-refractivity contribution in [2.45, 2.75) is 24.6 Å². The topological polar surface area (TPSA) is 27.8 Å². The number of thioether (sulfide) groups is 1. The first kappa shape index (κ1) is 17.7. The molecule has 1 aliphatic rings. The van der Waals surface area contributed by atoms with Crippen molar-refractivity contribution < 1.29 is 0 Å². The van der Waals surface area contributed by atoms with Crippen LogP contribution in [0, 0.1) is 0 Å². The molecule has 134 valence electrons. The molecule has 2 heterocycles. The molecule has 0 radical (unpaired) electrons. The van der Waals surface area contributed by atoms with Crippen molar-refractivity contribution in [1.29, 1.82) is 0 Å². The van der Waals surface area contributed by atoms with Crippen LogP contribution in [0.25, 0.3) is 16.5 Å². The average molecular weight is 383 g/mol. The van der Waals surface area contributed by atoms with Crippen LogP contribution < -0.4 is 5.32 Å². The predicted octanol–water partition coefficient (Wildman–Crippen LogP) is 5.89. The SMILES string of the molecule is Clc1ccc2[nH]cc(CSCCC3CC(c4ccccc4)=CCN3)c2c1. The Morgan fingerprint density at radius 2 is 2.00 bits per heavy atom. The van der Waals surface area contributed by atoms with Crippen LogP contribution in [0.2, 0.25) is 5.02 Å². The number of rotatable bonds is 6. The van der Waals surface area contributed by atoms with Crippen LogP contribution in [-0.2, 0) is 5.75 Å². The number of hydrogen-bond acceptors (Lipinski definition) is 2. The molecule has 0 bridgehead atoms. The molecule has 3 aromatic rings. The summed E-state index contributed by atoms with van der Waals surface area (Å²) in [4.78, 5) is 3.34. The third kappa shape index (κ3) is 4.17. The minimum absolute atomic E-state index is 0.570. The highest BCUT2D eigenvalue weighted by atomic mass is 35.5. The van der Waals surface area contributed by atoms with Crippen molar-refractivity contribution in [3.63, 3.8) is 0 Å². The quantitative estimate of drug-likeness (QED) is 0.520. The molecular weight excluding hydrogens is 360 g/mol. The molecule has 0 saturated heterocycles. The Morgan fingerprint density at radius 3 is 2.88 bits per heavy atom. The molecule has 0 fully saturated rings. The van der Waals surface area contributed by atoms with E-state index in [0.717, 1.165) is 35.0 Å². The van der Waals surface area contributed by atoms with Crippen LogP contribution in [0.4, 0.5) is 0 Å². The van der Waals surface area contributed by atoms with Crippen LogP contribution in [0.3, 0.4) is 0 Å². The number of hydrogen-bond donors (Lipinski definition) is 2. The molecule has 1 aliphatic heterocycles. The Morgan fingerprint density at radius 1 is 1.12 bits per heavy atom. The molecule has 26 heavy (non-hydrogen) atoms. The Bertz CT molecular complexity index is 901. The molecule has 1 unspecified atom stereocenters. The summed E-state index contributed by atoms with van der Waals surface area (Å²) in [5.41, 5.74) is 5.35. The first-order chi connectivity index (χ1) is 12.8. The van der Waals surface area contributed by atoms with Gasteiger partial charge in [0.15, 0.2) is 0 Å². The highest BCUT2D eigenvalue weighted by Gasteiger charge is 2.15. The summed E-state index contributed by atoms with van der Waals surface area (Å²) in [7, 11) is 0. The van der Waals surface area contributed by atoms with E-state index in [1.807, 2.05) is 17.8 Å². The smallest absolute Gasteiger partial charge is 0.0458 e.